The highest BCUT2D eigenvalue weighted by molar-refractivity contribution is 9.10. The predicted octanol–water partition coefficient (Wildman–Crippen LogP) is 4.98. The van der Waals surface area contributed by atoms with E-state index in [9.17, 15) is 18.0 Å². The van der Waals surface area contributed by atoms with E-state index in [1.807, 2.05) is 0 Å². The number of amides is 1. The molecule has 2 aromatic rings. The number of rotatable bonds is 4. The van der Waals surface area contributed by atoms with Crippen molar-refractivity contribution >= 4 is 39.3 Å². The predicted molar refractivity (Wildman–Crippen MR) is 87.3 cm³/mol. The molecule has 1 atom stereocenters. The fraction of sp³-hybridized carbons (Fsp3) is 0.200. The Morgan fingerprint density at radius 3 is 2.39 bits per heavy atom. The summed E-state index contributed by atoms with van der Waals surface area (Å²) in [7, 11) is 0. The summed E-state index contributed by atoms with van der Waals surface area (Å²) in [4.78, 5) is 15.8. The van der Waals surface area contributed by atoms with Crippen LogP contribution in [-0.2, 0) is 11.0 Å². The molecule has 0 saturated carbocycles. The van der Waals surface area contributed by atoms with Crippen LogP contribution in [0.4, 0.5) is 18.9 Å². The molecule has 0 aliphatic carbocycles. The Kier molecular flexibility index (Phi) is 5.69. The van der Waals surface area contributed by atoms with Crippen molar-refractivity contribution < 1.29 is 18.0 Å². The zero-order valence-corrected chi connectivity index (χ0v) is 14.3. The van der Waals surface area contributed by atoms with Crippen LogP contribution in [0, 0.1) is 0 Å². The zero-order valence-electron chi connectivity index (χ0n) is 11.9. The first-order chi connectivity index (χ1) is 10.8. The van der Waals surface area contributed by atoms with E-state index in [0.717, 1.165) is 28.5 Å². The molecule has 0 aliphatic heterocycles. The van der Waals surface area contributed by atoms with Gasteiger partial charge in [0.15, 0.2) is 0 Å². The third-order valence-electron chi connectivity index (χ3n) is 2.84. The van der Waals surface area contributed by atoms with Gasteiger partial charge in [0, 0.05) is 16.4 Å². The second-order valence-electron chi connectivity index (χ2n) is 4.64. The topological polar surface area (TPSA) is 42.0 Å². The molecule has 8 heteroatoms. The molecule has 0 radical (unpaired) electrons. The van der Waals surface area contributed by atoms with Crippen LogP contribution in [-0.4, -0.2) is 16.1 Å². The lowest BCUT2D eigenvalue weighted by molar-refractivity contribution is -0.137. The van der Waals surface area contributed by atoms with Gasteiger partial charge >= 0.3 is 6.18 Å². The SMILES string of the molecule is CC(Sc1ccc(C(F)(F)F)cn1)C(=O)Nc1ccc(Br)cc1. The quantitative estimate of drug-likeness (QED) is 0.730. The smallest absolute Gasteiger partial charge is 0.325 e. The van der Waals surface area contributed by atoms with Crippen molar-refractivity contribution in [1.29, 1.82) is 0 Å². The van der Waals surface area contributed by atoms with Crippen LogP contribution >= 0.6 is 27.7 Å². The van der Waals surface area contributed by atoms with E-state index in [2.05, 4.69) is 26.2 Å². The lowest BCUT2D eigenvalue weighted by Gasteiger charge is -2.12. The fourth-order valence-electron chi connectivity index (χ4n) is 1.63. The Bertz CT molecular complexity index is 675. The second kappa shape index (κ2) is 7.35. The number of anilines is 1. The summed E-state index contributed by atoms with van der Waals surface area (Å²) in [5, 5.41) is 2.60. The standard InChI is InChI=1S/C15H12BrF3N2OS/c1-9(14(22)21-12-5-3-11(16)4-6-12)23-13-7-2-10(8-20-13)15(17,18)19/h2-9H,1H3,(H,21,22). The zero-order chi connectivity index (χ0) is 17.0. The summed E-state index contributed by atoms with van der Waals surface area (Å²) in [5.41, 5.74) is -0.167. The lowest BCUT2D eigenvalue weighted by Crippen LogP contribution is -2.22. The Morgan fingerprint density at radius 1 is 1.22 bits per heavy atom. The van der Waals surface area contributed by atoms with Crippen molar-refractivity contribution in [3.63, 3.8) is 0 Å². The molecule has 23 heavy (non-hydrogen) atoms. The number of nitrogens with zero attached hydrogens (tertiary/aromatic N) is 1. The van der Waals surface area contributed by atoms with Gasteiger partial charge in [-0.3, -0.25) is 4.79 Å². The highest BCUT2D eigenvalue weighted by Gasteiger charge is 2.30. The van der Waals surface area contributed by atoms with E-state index in [1.165, 1.54) is 6.07 Å². The molecule has 122 valence electrons. The number of benzene rings is 1. The van der Waals surface area contributed by atoms with Gasteiger partial charge in [0.05, 0.1) is 15.8 Å². The van der Waals surface area contributed by atoms with Crippen molar-refractivity contribution in [3.8, 4) is 0 Å². The number of carbonyl (C=O) groups is 1. The summed E-state index contributed by atoms with van der Waals surface area (Å²) in [6.45, 7) is 1.66. The molecular formula is C15H12BrF3N2OS. The average molecular weight is 405 g/mol. The summed E-state index contributed by atoms with van der Waals surface area (Å²) < 4.78 is 38.3. The maximum absolute atomic E-state index is 12.5. The van der Waals surface area contributed by atoms with Crippen LogP contribution in [0.15, 0.2) is 52.1 Å². The molecule has 0 aliphatic rings. The van der Waals surface area contributed by atoms with Crippen molar-refractivity contribution in [2.75, 3.05) is 5.32 Å². The second-order valence-corrected chi connectivity index (χ2v) is 6.92. The van der Waals surface area contributed by atoms with Gasteiger partial charge in [-0.1, -0.05) is 27.7 Å². The van der Waals surface area contributed by atoms with Crippen molar-refractivity contribution in [1.82, 2.24) is 4.98 Å². The lowest BCUT2D eigenvalue weighted by atomic mass is 10.3. The highest BCUT2D eigenvalue weighted by Crippen LogP contribution is 2.30. The normalized spacial score (nSPS) is 12.7. The van der Waals surface area contributed by atoms with E-state index < -0.39 is 17.0 Å². The summed E-state index contributed by atoms with van der Waals surface area (Å²) in [6.07, 6.45) is -3.65. The van der Waals surface area contributed by atoms with Crippen LogP contribution in [0.1, 0.15) is 12.5 Å². The first-order valence-corrected chi connectivity index (χ1v) is 8.19. The van der Waals surface area contributed by atoms with Gasteiger partial charge in [0.25, 0.3) is 0 Å². The van der Waals surface area contributed by atoms with Crippen LogP contribution < -0.4 is 5.32 Å². The van der Waals surface area contributed by atoms with Gasteiger partial charge in [-0.2, -0.15) is 13.2 Å². The maximum atomic E-state index is 12.5. The molecule has 1 aromatic carbocycles. The van der Waals surface area contributed by atoms with Crippen LogP contribution in [0.5, 0.6) is 0 Å². The minimum Gasteiger partial charge on any atom is -0.325 e. The average Bonchev–Trinajstić information content (AvgIpc) is 2.49. The third-order valence-corrected chi connectivity index (χ3v) is 4.42. The number of nitrogens with one attached hydrogen (secondary N) is 1. The van der Waals surface area contributed by atoms with Gasteiger partial charge < -0.3 is 5.32 Å². The first kappa shape index (κ1) is 17.8. The third kappa shape index (κ3) is 5.24. The summed E-state index contributed by atoms with van der Waals surface area (Å²) in [6, 6.07) is 9.30. The molecule has 1 heterocycles. The van der Waals surface area contributed by atoms with E-state index >= 15 is 0 Å². The molecule has 1 N–H and O–H groups in total. The molecule has 0 bridgehead atoms. The Balaban J connectivity index is 1.96. The summed E-state index contributed by atoms with van der Waals surface area (Å²) >= 11 is 4.39. The molecule has 0 fully saturated rings. The van der Waals surface area contributed by atoms with E-state index in [-0.39, 0.29) is 5.91 Å². The number of carbonyl (C=O) groups excluding carboxylic acids is 1. The van der Waals surface area contributed by atoms with Crippen molar-refractivity contribution in [3.05, 3.63) is 52.6 Å². The molecule has 2 rings (SSSR count). The number of pyridine rings is 1. The van der Waals surface area contributed by atoms with Gasteiger partial charge in [-0.05, 0) is 43.3 Å². The maximum Gasteiger partial charge on any atom is 0.417 e. The largest absolute Gasteiger partial charge is 0.417 e. The highest BCUT2D eigenvalue weighted by atomic mass is 79.9. The molecule has 1 amide bonds. The first-order valence-electron chi connectivity index (χ1n) is 6.52. The van der Waals surface area contributed by atoms with Gasteiger partial charge in [-0.15, -0.1) is 0 Å². The fourth-order valence-corrected chi connectivity index (χ4v) is 2.68. The van der Waals surface area contributed by atoms with Crippen LogP contribution in [0.3, 0.4) is 0 Å². The van der Waals surface area contributed by atoms with Gasteiger partial charge in [0.1, 0.15) is 0 Å². The monoisotopic (exact) mass is 404 g/mol. The molecule has 3 nitrogen and oxygen atoms in total. The summed E-state index contributed by atoms with van der Waals surface area (Å²) in [5.74, 6) is -0.251. The molecule has 0 spiro atoms. The Morgan fingerprint density at radius 2 is 1.87 bits per heavy atom. The molecule has 0 saturated heterocycles. The number of alkyl halides is 3. The Hall–Kier alpha value is -1.54. The van der Waals surface area contributed by atoms with Crippen LogP contribution in [0.2, 0.25) is 0 Å². The van der Waals surface area contributed by atoms with E-state index in [1.54, 1.807) is 31.2 Å². The van der Waals surface area contributed by atoms with Gasteiger partial charge in [-0.25, -0.2) is 4.98 Å². The van der Waals surface area contributed by atoms with E-state index in [4.69, 9.17) is 0 Å². The van der Waals surface area contributed by atoms with Crippen molar-refractivity contribution in [2.45, 2.75) is 23.4 Å². The molecule has 1 unspecified atom stereocenters. The molecule has 1 aromatic heterocycles. The minimum absolute atomic E-state index is 0.251. The van der Waals surface area contributed by atoms with Crippen LogP contribution in [0.25, 0.3) is 0 Å². The number of hydrogen-bond donors (Lipinski definition) is 1. The number of halogens is 4. The minimum atomic E-state index is -4.42. The number of thioether (sulfide) groups is 1. The van der Waals surface area contributed by atoms with Gasteiger partial charge in [0.2, 0.25) is 5.91 Å². The van der Waals surface area contributed by atoms with Crippen molar-refractivity contribution in [2.24, 2.45) is 0 Å². The number of aromatic nitrogens is 1. The Labute approximate surface area is 143 Å². The number of hydrogen-bond acceptors (Lipinski definition) is 3. The molecular weight excluding hydrogens is 393 g/mol. The van der Waals surface area contributed by atoms with E-state index in [0.29, 0.717) is 10.7 Å².